The minimum Gasteiger partial charge on any atom is -0.456 e. The highest BCUT2D eigenvalue weighted by Crippen LogP contribution is 2.38. The van der Waals surface area contributed by atoms with Gasteiger partial charge in [-0.15, -0.1) is 11.3 Å². The minimum atomic E-state index is -0.581. The number of hydrogen-bond acceptors (Lipinski definition) is 7. The molecule has 49 heavy (non-hydrogen) atoms. The largest absolute Gasteiger partial charge is 0.456 e. The maximum absolute atomic E-state index is 14.1. The topological polar surface area (TPSA) is 73.1 Å². The summed E-state index contributed by atoms with van der Waals surface area (Å²) in [5.41, 5.74) is 6.70. The van der Waals surface area contributed by atoms with Crippen LogP contribution in [0.2, 0.25) is 0 Å². The van der Waals surface area contributed by atoms with Gasteiger partial charge in [-0.25, -0.2) is 4.79 Å². The van der Waals surface area contributed by atoms with Gasteiger partial charge in [0.05, 0.1) is 0 Å². The highest BCUT2D eigenvalue weighted by molar-refractivity contribution is 7.08. The quantitative estimate of drug-likeness (QED) is 0.178. The van der Waals surface area contributed by atoms with Gasteiger partial charge in [-0.3, -0.25) is 9.36 Å². The van der Waals surface area contributed by atoms with E-state index in [1.807, 2.05) is 116 Å². The molecular formula is C41H29N3O4S. The first-order valence-corrected chi connectivity index (χ1v) is 16.8. The molecule has 0 N–H and O–H groups in total. The average Bonchev–Trinajstić information content (AvgIpc) is 3.71. The molecule has 8 rings (SSSR count). The highest BCUT2D eigenvalue weighted by atomic mass is 32.1. The number of aromatic nitrogens is 1. The van der Waals surface area contributed by atoms with E-state index in [9.17, 15) is 9.59 Å². The van der Waals surface area contributed by atoms with Crippen molar-refractivity contribution in [2.24, 2.45) is 5.16 Å². The molecule has 0 amide bonds. The number of benzene rings is 5. The number of carbonyl (C=O) groups excluding carboxylic acids is 1. The number of oxime groups is 1. The van der Waals surface area contributed by atoms with E-state index in [2.05, 4.69) is 46.5 Å². The first kappa shape index (κ1) is 30.1. The van der Waals surface area contributed by atoms with Crippen molar-refractivity contribution >= 4 is 57.0 Å². The molecular weight excluding hydrogens is 631 g/mol. The van der Waals surface area contributed by atoms with Gasteiger partial charge >= 0.3 is 5.97 Å². The van der Waals surface area contributed by atoms with Gasteiger partial charge in [-0.2, -0.15) is 0 Å². The summed E-state index contributed by atoms with van der Waals surface area (Å²) in [6.07, 6.45) is 1.92. The van der Waals surface area contributed by atoms with E-state index in [0.29, 0.717) is 33.0 Å². The van der Waals surface area contributed by atoms with Crippen molar-refractivity contribution in [2.45, 2.75) is 13.5 Å². The molecule has 0 saturated heterocycles. The third-order valence-electron chi connectivity index (χ3n) is 8.48. The van der Waals surface area contributed by atoms with E-state index in [0.717, 1.165) is 39.3 Å². The number of nitrogens with zero attached hydrogens (tertiary/aromatic N) is 3. The third kappa shape index (κ3) is 5.48. The zero-order chi connectivity index (χ0) is 33.3. The van der Waals surface area contributed by atoms with E-state index in [1.54, 1.807) is 4.57 Å². The van der Waals surface area contributed by atoms with Crippen LogP contribution in [0, 0.1) is 0 Å². The molecule has 0 fully saturated rings. The standard InChI is InChI=1S/C41H29N3O4S/c1-2-43-39(45)38(49-40(43)36-37(42-48-41(36)46)28-14-6-3-7-15-28)33-26-35(47-34-21-13-12-20-32(33)34)27-22-24-31(25-23-27)44(29-16-8-4-9-17-29)30-18-10-5-11-19-30/h3-26H,2H2,1H3/b38-33-,40-36+. The number of ether oxygens (including phenoxy) is 1. The predicted molar refractivity (Wildman–Crippen MR) is 195 cm³/mol. The molecule has 5 aromatic carbocycles. The van der Waals surface area contributed by atoms with Crippen LogP contribution < -0.4 is 24.4 Å². The fourth-order valence-electron chi connectivity index (χ4n) is 6.15. The average molecular weight is 660 g/mol. The molecule has 0 aliphatic carbocycles. The van der Waals surface area contributed by atoms with Crippen LogP contribution in [-0.4, -0.2) is 16.2 Å². The zero-order valence-corrected chi connectivity index (χ0v) is 27.3. The minimum absolute atomic E-state index is 0.193. The monoisotopic (exact) mass is 659 g/mol. The van der Waals surface area contributed by atoms with Crippen LogP contribution in [0.4, 0.5) is 17.1 Å². The second-order valence-electron chi connectivity index (χ2n) is 11.4. The number of hydrogen-bond donors (Lipinski definition) is 0. The smallest absolute Gasteiger partial charge is 0.371 e. The van der Waals surface area contributed by atoms with Gasteiger partial charge in [0.15, 0.2) is 0 Å². The van der Waals surface area contributed by atoms with Crippen molar-refractivity contribution in [2.75, 3.05) is 4.90 Å². The van der Waals surface area contributed by atoms with Crippen LogP contribution >= 0.6 is 11.3 Å². The van der Waals surface area contributed by atoms with Gasteiger partial charge in [0.25, 0.3) is 5.56 Å². The number of carbonyl (C=O) groups is 1. The van der Waals surface area contributed by atoms with E-state index >= 15 is 0 Å². The first-order chi connectivity index (χ1) is 24.1. The Hall–Kier alpha value is -6.25. The summed E-state index contributed by atoms with van der Waals surface area (Å²) in [7, 11) is 0. The molecule has 6 aromatic rings. The fourth-order valence-corrected chi connectivity index (χ4v) is 7.43. The molecule has 2 aliphatic rings. The molecule has 3 heterocycles. The summed E-state index contributed by atoms with van der Waals surface area (Å²) < 4.78 is 9.08. The SMILES string of the molecule is CCn1c(=O)/c(=C2\C=C(c3ccc(N(c4ccccc4)c4ccccc4)cc3)Oc3ccccc32)s/c1=C1/C(=O)ON=C1c1ccccc1. The number of para-hydroxylation sites is 3. The Morgan fingerprint density at radius 1 is 0.694 bits per heavy atom. The van der Waals surface area contributed by atoms with Crippen molar-refractivity contribution in [3.8, 4) is 5.75 Å². The molecule has 0 spiro atoms. The normalized spacial score (nSPS) is 15.9. The lowest BCUT2D eigenvalue weighted by molar-refractivity contribution is -0.135. The molecule has 0 saturated carbocycles. The van der Waals surface area contributed by atoms with Crippen LogP contribution in [0.1, 0.15) is 23.6 Å². The Kier molecular flexibility index (Phi) is 7.83. The van der Waals surface area contributed by atoms with Gasteiger partial charge < -0.3 is 14.5 Å². The Labute approximate surface area is 286 Å². The lowest BCUT2D eigenvalue weighted by atomic mass is 9.99. The molecule has 0 unspecified atom stereocenters. The molecule has 8 heteroatoms. The Bertz CT molecular complexity index is 2410. The van der Waals surface area contributed by atoms with Crippen molar-refractivity contribution in [3.05, 3.63) is 182 Å². The van der Waals surface area contributed by atoms with Gasteiger partial charge in [-0.05, 0) is 67.6 Å². The van der Waals surface area contributed by atoms with Gasteiger partial charge in [-0.1, -0.05) is 90.1 Å². The van der Waals surface area contributed by atoms with Crippen LogP contribution in [-0.2, 0) is 16.2 Å². The van der Waals surface area contributed by atoms with Crippen molar-refractivity contribution in [1.29, 1.82) is 0 Å². The first-order valence-electron chi connectivity index (χ1n) is 15.9. The Morgan fingerprint density at radius 3 is 1.94 bits per heavy atom. The summed E-state index contributed by atoms with van der Waals surface area (Å²) in [6.45, 7) is 2.26. The van der Waals surface area contributed by atoms with E-state index in [4.69, 9.17) is 9.57 Å². The lowest BCUT2D eigenvalue weighted by Crippen LogP contribution is -2.34. The number of anilines is 3. The molecule has 0 atom stereocenters. The van der Waals surface area contributed by atoms with Crippen molar-refractivity contribution < 1.29 is 14.4 Å². The summed E-state index contributed by atoms with van der Waals surface area (Å²) in [4.78, 5) is 34.6. The summed E-state index contributed by atoms with van der Waals surface area (Å²) in [5.74, 6) is 0.678. The van der Waals surface area contributed by atoms with Crippen LogP contribution in [0.3, 0.4) is 0 Å². The fraction of sp³-hybridized carbons (Fsp3) is 0.0488. The molecule has 0 radical (unpaired) electrons. The van der Waals surface area contributed by atoms with E-state index < -0.39 is 5.97 Å². The molecule has 1 aromatic heterocycles. The Morgan fingerprint density at radius 2 is 1.29 bits per heavy atom. The summed E-state index contributed by atoms with van der Waals surface area (Å²) in [6, 6.07) is 45.7. The number of allylic oxidation sites excluding steroid dienone is 1. The number of thiazole rings is 1. The molecule has 0 bridgehead atoms. The highest BCUT2D eigenvalue weighted by Gasteiger charge is 2.30. The van der Waals surface area contributed by atoms with Crippen LogP contribution in [0.15, 0.2) is 156 Å². The van der Waals surface area contributed by atoms with Crippen LogP contribution in [0.5, 0.6) is 5.75 Å². The van der Waals surface area contributed by atoms with E-state index in [1.165, 1.54) is 11.3 Å². The van der Waals surface area contributed by atoms with Gasteiger partial charge in [0.1, 0.15) is 32.0 Å². The second-order valence-corrected chi connectivity index (χ2v) is 12.4. The van der Waals surface area contributed by atoms with Crippen molar-refractivity contribution in [1.82, 2.24) is 4.57 Å². The van der Waals surface area contributed by atoms with Crippen LogP contribution in [0.25, 0.3) is 16.9 Å². The summed E-state index contributed by atoms with van der Waals surface area (Å²) in [5, 5.41) is 4.10. The van der Waals surface area contributed by atoms with Gasteiger partial charge in [0, 0.05) is 45.9 Å². The van der Waals surface area contributed by atoms with Crippen molar-refractivity contribution in [3.63, 3.8) is 0 Å². The lowest BCUT2D eigenvalue weighted by Gasteiger charge is -2.26. The third-order valence-corrected chi connectivity index (χ3v) is 9.69. The van der Waals surface area contributed by atoms with Gasteiger partial charge in [0.2, 0.25) is 0 Å². The second kappa shape index (κ2) is 12.7. The Balaban J connectivity index is 1.28. The molecule has 7 nitrogen and oxygen atoms in total. The molecule has 238 valence electrons. The summed E-state index contributed by atoms with van der Waals surface area (Å²) >= 11 is 1.27. The maximum Gasteiger partial charge on any atom is 0.371 e. The maximum atomic E-state index is 14.1. The predicted octanol–water partition coefficient (Wildman–Crippen LogP) is 7.14. The number of rotatable bonds is 6. The van der Waals surface area contributed by atoms with E-state index in [-0.39, 0.29) is 11.1 Å². The molecule has 2 aliphatic heterocycles. The number of fused-ring (bicyclic) bond motifs is 1. The zero-order valence-electron chi connectivity index (χ0n) is 26.4.